The Balaban J connectivity index is 2.48. The molecule has 1 atom stereocenters. The van der Waals surface area contributed by atoms with Crippen LogP contribution in [0.1, 0.15) is 10.4 Å². The maximum Gasteiger partial charge on any atom is 0.280 e. The Hall–Kier alpha value is -0.810. The van der Waals surface area contributed by atoms with Crippen LogP contribution < -0.4 is 5.11 Å². The molecule has 0 saturated heterocycles. The Morgan fingerprint density at radius 1 is 1.67 bits per heavy atom. The first-order valence-electron chi connectivity index (χ1n) is 3.22. The van der Waals surface area contributed by atoms with Gasteiger partial charge in [0.2, 0.25) is 9.99 Å². The van der Waals surface area contributed by atoms with Crippen molar-refractivity contribution >= 4 is 33.3 Å². The van der Waals surface area contributed by atoms with Gasteiger partial charge < -0.3 is 9.90 Å². The summed E-state index contributed by atoms with van der Waals surface area (Å²) in [7, 11) is -0.978. The molecule has 2 rings (SSSR count). The molecule has 5 heteroatoms. The monoisotopic (exact) mass is 200 g/mol. The van der Waals surface area contributed by atoms with Crippen LogP contribution in [0.15, 0.2) is 15.7 Å². The molecular weight excluding hydrogens is 196 g/mol. The zero-order valence-electron chi connectivity index (χ0n) is 5.90. The van der Waals surface area contributed by atoms with E-state index in [1.165, 1.54) is 11.3 Å². The number of thiophene rings is 1. The summed E-state index contributed by atoms with van der Waals surface area (Å²) in [5, 5.41) is 11.2. The van der Waals surface area contributed by atoms with Crippen molar-refractivity contribution < 1.29 is 14.7 Å². The maximum absolute atomic E-state index is 11.2. The molecule has 0 amide bonds. The summed E-state index contributed by atoms with van der Waals surface area (Å²) in [5.74, 6) is 0.0310. The third-order valence-electron chi connectivity index (χ3n) is 1.63. The second-order valence-corrected chi connectivity index (χ2v) is 5.32. The van der Waals surface area contributed by atoms with Crippen molar-refractivity contribution in [1.29, 1.82) is 0 Å². The van der Waals surface area contributed by atoms with Crippen molar-refractivity contribution in [3.63, 3.8) is 0 Å². The fourth-order valence-corrected chi connectivity index (χ4v) is 4.02. The standard InChI is InChI=1S/C7H4O3S2/c8-5-3-12(7(9)10)6-4(5)1-2-11-6/h1-2H,3H2. The molecule has 0 fully saturated rings. The fourth-order valence-electron chi connectivity index (χ4n) is 1.10. The highest BCUT2D eigenvalue weighted by atomic mass is 32.2. The number of hydrogen-bond acceptors (Lipinski definition) is 4. The molecule has 0 radical (unpaired) electrons. The van der Waals surface area contributed by atoms with E-state index in [9.17, 15) is 14.7 Å². The Morgan fingerprint density at radius 2 is 2.42 bits per heavy atom. The molecule has 0 aromatic carbocycles. The second kappa shape index (κ2) is 2.60. The van der Waals surface area contributed by atoms with Gasteiger partial charge in [-0.3, -0.25) is 4.79 Å². The van der Waals surface area contributed by atoms with E-state index in [4.69, 9.17) is 0 Å². The summed E-state index contributed by atoms with van der Waals surface area (Å²) < 4.78 is 0.681. The molecule has 0 saturated carbocycles. The van der Waals surface area contributed by atoms with E-state index in [2.05, 4.69) is 0 Å². The van der Waals surface area contributed by atoms with Crippen molar-refractivity contribution in [2.75, 3.05) is 5.75 Å². The molecule has 1 aromatic heterocycles. The highest BCUT2D eigenvalue weighted by Crippen LogP contribution is 2.32. The molecule has 12 heavy (non-hydrogen) atoms. The fraction of sp³-hybridized carbons (Fsp3) is 0.143. The molecule has 3 nitrogen and oxygen atoms in total. The van der Waals surface area contributed by atoms with Gasteiger partial charge in [0.25, 0.3) is 5.30 Å². The van der Waals surface area contributed by atoms with E-state index in [1.807, 2.05) is 0 Å². The molecule has 2 heterocycles. The van der Waals surface area contributed by atoms with E-state index in [1.54, 1.807) is 11.4 Å². The van der Waals surface area contributed by atoms with Crippen LogP contribution in [0.25, 0.3) is 0 Å². The number of carboxylic acid groups (broad SMARTS) is 1. The molecule has 0 bridgehead atoms. The van der Waals surface area contributed by atoms with Gasteiger partial charge in [0.1, 0.15) is 10.9 Å². The topological polar surface area (TPSA) is 57.2 Å². The highest BCUT2D eigenvalue weighted by Gasteiger charge is 2.41. The zero-order valence-corrected chi connectivity index (χ0v) is 7.54. The molecule has 1 aromatic rings. The average molecular weight is 200 g/mol. The van der Waals surface area contributed by atoms with Gasteiger partial charge in [0.05, 0.1) is 5.56 Å². The molecule has 0 aliphatic carbocycles. The van der Waals surface area contributed by atoms with Crippen molar-refractivity contribution in [3.8, 4) is 0 Å². The first-order valence-corrected chi connectivity index (χ1v) is 5.50. The SMILES string of the molecule is O=C1C[S+](C(=O)[O-])c2sccc21. The van der Waals surface area contributed by atoms with Crippen molar-refractivity contribution in [2.45, 2.75) is 4.21 Å². The maximum atomic E-state index is 11.2. The number of ketones is 1. The number of carbonyl (C=O) groups excluding carboxylic acids is 2. The molecular formula is C7H4O3S2. The van der Waals surface area contributed by atoms with Crippen LogP contribution in [0, 0.1) is 0 Å². The van der Waals surface area contributed by atoms with Crippen LogP contribution in [-0.4, -0.2) is 16.8 Å². The lowest BCUT2D eigenvalue weighted by Crippen LogP contribution is -2.30. The number of fused-ring (bicyclic) bond motifs is 1. The van der Waals surface area contributed by atoms with Crippen LogP contribution in [0.2, 0.25) is 0 Å². The highest BCUT2D eigenvalue weighted by molar-refractivity contribution is 8.12. The van der Waals surface area contributed by atoms with Crippen molar-refractivity contribution in [2.24, 2.45) is 0 Å². The van der Waals surface area contributed by atoms with Crippen molar-refractivity contribution in [1.82, 2.24) is 0 Å². The summed E-state index contributed by atoms with van der Waals surface area (Å²) in [6.07, 6.45) is 0. The lowest BCUT2D eigenvalue weighted by molar-refractivity contribution is -0.233. The molecule has 0 N–H and O–H groups in total. The molecule has 1 aliphatic heterocycles. The molecule has 0 spiro atoms. The van der Waals surface area contributed by atoms with Gasteiger partial charge in [-0.05, 0) is 11.4 Å². The number of Topliss-reactive ketones (excluding diaryl/α,β-unsaturated/α-hetero) is 1. The lowest BCUT2D eigenvalue weighted by atomic mass is 10.2. The summed E-state index contributed by atoms with van der Waals surface area (Å²) >= 11 is 1.32. The van der Waals surface area contributed by atoms with Crippen molar-refractivity contribution in [3.05, 3.63) is 17.0 Å². The Bertz CT molecular complexity index is 355. The summed E-state index contributed by atoms with van der Waals surface area (Å²) in [5.41, 5.74) is 0.576. The predicted octanol–water partition coefficient (Wildman–Crippen LogP) is 0.265. The number of rotatable bonds is 0. The smallest absolute Gasteiger partial charge is 0.280 e. The van der Waals surface area contributed by atoms with Gasteiger partial charge in [0.15, 0.2) is 5.75 Å². The first-order chi connectivity index (χ1) is 5.70. The van der Waals surface area contributed by atoms with Crippen LogP contribution in [0.5, 0.6) is 0 Å². The van der Waals surface area contributed by atoms with E-state index < -0.39 is 16.2 Å². The third-order valence-corrected chi connectivity index (χ3v) is 4.85. The van der Waals surface area contributed by atoms with E-state index in [0.29, 0.717) is 9.77 Å². The molecule has 1 unspecified atom stereocenters. The number of carbonyl (C=O) groups is 2. The van der Waals surface area contributed by atoms with Gasteiger partial charge in [-0.15, -0.1) is 0 Å². The Kier molecular flexibility index (Phi) is 1.69. The third kappa shape index (κ3) is 0.971. The summed E-state index contributed by atoms with van der Waals surface area (Å²) in [4.78, 5) is 21.7. The van der Waals surface area contributed by atoms with Crippen LogP contribution in [0.3, 0.4) is 0 Å². The van der Waals surface area contributed by atoms with E-state index >= 15 is 0 Å². The minimum absolute atomic E-state index is 0.0706. The van der Waals surface area contributed by atoms with E-state index in [-0.39, 0.29) is 11.5 Å². The van der Waals surface area contributed by atoms with Gasteiger partial charge >= 0.3 is 0 Å². The minimum Gasteiger partial charge on any atom is -0.504 e. The normalized spacial score (nSPS) is 21.0. The molecule has 62 valence electrons. The predicted molar refractivity (Wildman–Crippen MR) is 44.5 cm³/mol. The van der Waals surface area contributed by atoms with Gasteiger partial charge in [-0.2, -0.15) is 0 Å². The quantitative estimate of drug-likeness (QED) is 0.565. The summed E-state index contributed by atoms with van der Waals surface area (Å²) in [6.45, 7) is 0. The lowest BCUT2D eigenvalue weighted by Gasteiger charge is -1.95. The number of hydrogen-bond donors (Lipinski definition) is 0. The van der Waals surface area contributed by atoms with Crippen LogP contribution in [0.4, 0.5) is 4.79 Å². The van der Waals surface area contributed by atoms with E-state index in [0.717, 1.165) is 0 Å². The van der Waals surface area contributed by atoms with Gasteiger partial charge in [0, 0.05) is 0 Å². The zero-order chi connectivity index (χ0) is 8.72. The van der Waals surface area contributed by atoms with Crippen LogP contribution >= 0.6 is 11.3 Å². The largest absolute Gasteiger partial charge is 0.504 e. The first kappa shape index (κ1) is 7.82. The van der Waals surface area contributed by atoms with Crippen LogP contribution in [-0.2, 0) is 10.9 Å². The average Bonchev–Trinajstić information content (AvgIpc) is 2.53. The summed E-state index contributed by atoms with van der Waals surface area (Å²) in [6, 6.07) is 1.68. The van der Waals surface area contributed by atoms with Gasteiger partial charge in [-0.1, -0.05) is 11.3 Å². The minimum atomic E-state index is -1.12. The Labute approximate surface area is 75.4 Å². The Morgan fingerprint density at radius 3 is 3.08 bits per heavy atom. The second-order valence-electron chi connectivity index (χ2n) is 2.33. The molecule has 1 aliphatic rings. The van der Waals surface area contributed by atoms with Gasteiger partial charge in [-0.25, -0.2) is 0 Å².